The smallest absolute Gasteiger partial charge is 0.269 e. The van der Waals surface area contributed by atoms with Crippen molar-refractivity contribution in [1.29, 1.82) is 0 Å². The van der Waals surface area contributed by atoms with Crippen LogP contribution < -0.4 is 5.32 Å². The number of carbonyl (C=O) groups is 1. The minimum absolute atomic E-state index is 0.128. The van der Waals surface area contributed by atoms with Crippen LogP contribution in [0, 0.1) is 0 Å². The molecule has 3 rings (SSSR count). The number of aromatic nitrogens is 2. The first-order valence-electron chi connectivity index (χ1n) is 6.55. The van der Waals surface area contributed by atoms with Crippen molar-refractivity contribution in [2.24, 2.45) is 7.05 Å². The van der Waals surface area contributed by atoms with Gasteiger partial charge in [0.25, 0.3) is 5.91 Å². The number of fused-ring (bicyclic) bond motifs is 1. The summed E-state index contributed by atoms with van der Waals surface area (Å²) in [4.78, 5) is 17.4. The normalized spacial score (nSPS) is 21.5. The van der Waals surface area contributed by atoms with Gasteiger partial charge in [-0.25, -0.2) is 4.98 Å². The molecule has 1 atom stereocenters. The summed E-state index contributed by atoms with van der Waals surface area (Å²) in [6, 6.07) is 2.09. The number of ether oxygens (including phenoxy) is 1. The summed E-state index contributed by atoms with van der Waals surface area (Å²) in [7, 11) is 1.80. The van der Waals surface area contributed by atoms with Crippen molar-refractivity contribution in [3.63, 3.8) is 0 Å². The monoisotopic (exact) mass is 291 g/mol. The van der Waals surface area contributed by atoms with Crippen molar-refractivity contribution in [3.05, 3.63) is 40.1 Å². The fourth-order valence-electron chi connectivity index (χ4n) is 2.51. The molecule has 0 radical (unpaired) electrons. The molecule has 1 amide bonds. The molecule has 0 fully saturated rings. The third-order valence-electron chi connectivity index (χ3n) is 3.70. The third-order valence-corrected chi connectivity index (χ3v) is 4.68. The highest BCUT2D eigenvalue weighted by Crippen LogP contribution is 2.35. The van der Waals surface area contributed by atoms with Gasteiger partial charge in [0.2, 0.25) is 0 Å². The summed E-state index contributed by atoms with van der Waals surface area (Å²) in [5.41, 5.74) is 1.30. The molecule has 0 spiro atoms. The largest absolute Gasteiger partial charge is 0.368 e. The van der Waals surface area contributed by atoms with Gasteiger partial charge in [0.05, 0.1) is 25.7 Å². The molecule has 1 unspecified atom stereocenters. The maximum absolute atomic E-state index is 12.1. The van der Waals surface area contributed by atoms with Gasteiger partial charge >= 0.3 is 0 Å². The zero-order chi connectivity index (χ0) is 14.2. The van der Waals surface area contributed by atoms with Gasteiger partial charge in [0.15, 0.2) is 0 Å². The van der Waals surface area contributed by atoms with E-state index in [0.717, 1.165) is 6.42 Å². The fraction of sp³-hybridized carbons (Fsp3) is 0.429. The van der Waals surface area contributed by atoms with Crippen LogP contribution in [0.2, 0.25) is 0 Å². The maximum Gasteiger partial charge on any atom is 0.269 e. The minimum atomic E-state index is -0.443. The minimum Gasteiger partial charge on any atom is -0.368 e. The molecule has 20 heavy (non-hydrogen) atoms. The van der Waals surface area contributed by atoms with Crippen LogP contribution in [0.5, 0.6) is 0 Å². The molecule has 0 bridgehead atoms. The van der Waals surface area contributed by atoms with E-state index in [-0.39, 0.29) is 5.91 Å². The second kappa shape index (κ2) is 5.03. The van der Waals surface area contributed by atoms with E-state index in [9.17, 15) is 4.79 Å². The van der Waals surface area contributed by atoms with Gasteiger partial charge in [0, 0.05) is 18.3 Å². The Hall–Kier alpha value is -1.66. The van der Waals surface area contributed by atoms with Crippen molar-refractivity contribution in [2.75, 3.05) is 13.2 Å². The first-order valence-corrected chi connectivity index (χ1v) is 7.43. The molecule has 0 saturated heterocycles. The number of nitrogens with zero attached hydrogens (tertiary/aromatic N) is 2. The van der Waals surface area contributed by atoms with Crippen LogP contribution in [-0.2, 0) is 23.8 Å². The number of rotatable bonds is 3. The Morgan fingerprint density at radius 1 is 1.65 bits per heavy atom. The van der Waals surface area contributed by atoms with Crippen LogP contribution in [0.3, 0.4) is 0 Å². The predicted octanol–water partition coefficient (Wildman–Crippen LogP) is 1.70. The van der Waals surface area contributed by atoms with E-state index >= 15 is 0 Å². The summed E-state index contributed by atoms with van der Waals surface area (Å²) in [5, 5.41) is 5.03. The van der Waals surface area contributed by atoms with Gasteiger partial charge in [-0.15, -0.1) is 11.3 Å². The summed E-state index contributed by atoms with van der Waals surface area (Å²) in [6.07, 6.45) is 4.14. The molecule has 0 saturated carbocycles. The molecule has 6 heteroatoms. The predicted molar refractivity (Wildman–Crippen MR) is 76.9 cm³/mol. The molecule has 1 aliphatic heterocycles. The lowest BCUT2D eigenvalue weighted by atomic mass is 9.93. The average Bonchev–Trinajstić information content (AvgIpc) is 3.05. The Balaban J connectivity index is 1.73. The van der Waals surface area contributed by atoms with Gasteiger partial charge in [-0.1, -0.05) is 0 Å². The van der Waals surface area contributed by atoms with Crippen molar-refractivity contribution < 1.29 is 9.53 Å². The average molecular weight is 291 g/mol. The molecule has 0 aromatic carbocycles. The first-order chi connectivity index (χ1) is 9.60. The van der Waals surface area contributed by atoms with Crippen LogP contribution in [0.25, 0.3) is 0 Å². The highest BCUT2D eigenvalue weighted by Gasteiger charge is 2.34. The van der Waals surface area contributed by atoms with Gasteiger partial charge in [0.1, 0.15) is 11.3 Å². The number of hydrogen-bond acceptors (Lipinski definition) is 4. The van der Waals surface area contributed by atoms with E-state index in [4.69, 9.17) is 4.74 Å². The second-order valence-corrected chi connectivity index (χ2v) is 6.16. The molecular formula is C14H17N3O2S. The Bertz CT molecular complexity index is 634. The Labute approximate surface area is 121 Å². The lowest BCUT2D eigenvalue weighted by molar-refractivity contribution is -0.0426. The lowest BCUT2D eigenvalue weighted by Gasteiger charge is -2.34. The number of amides is 1. The zero-order valence-electron chi connectivity index (χ0n) is 11.5. The Kier molecular flexibility index (Phi) is 3.35. The fourth-order valence-corrected chi connectivity index (χ4v) is 3.49. The molecule has 3 heterocycles. The van der Waals surface area contributed by atoms with Crippen LogP contribution in [0.1, 0.15) is 27.9 Å². The second-order valence-electron chi connectivity index (χ2n) is 5.16. The number of aryl methyl sites for hydroxylation is 1. The lowest BCUT2D eigenvalue weighted by Crippen LogP contribution is -2.43. The topological polar surface area (TPSA) is 56.2 Å². The van der Waals surface area contributed by atoms with Gasteiger partial charge in [-0.2, -0.15) is 0 Å². The molecule has 106 valence electrons. The quantitative estimate of drug-likeness (QED) is 0.936. The number of hydrogen-bond donors (Lipinski definition) is 1. The molecule has 1 N–H and O–H groups in total. The van der Waals surface area contributed by atoms with Gasteiger partial charge < -0.3 is 14.6 Å². The number of carbonyl (C=O) groups excluding carboxylic acids is 1. The first kappa shape index (κ1) is 13.3. The zero-order valence-corrected chi connectivity index (χ0v) is 12.4. The standard InChI is InChI=1S/C14H17N3O2S/c1-14(10-4-6-20-12(10)3-5-19-14)8-16-13(18)11-7-15-9-17(11)2/h4,6-7,9H,3,5,8H2,1-2H3,(H,16,18). The van der Waals surface area contributed by atoms with Crippen LogP contribution in [-0.4, -0.2) is 28.6 Å². The van der Waals surface area contributed by atoms with Gasteiger partial charge in [-0.3, -0.25) is 4.79 Å². The molecule has 2 aromatic rings. The van der Waals surface area contributed by atoms with Crippen LogP contribution >= 0.6 is 11.3 Å². The van der Waals surface area contributed by atoms with E-state index in [1.54, 1.807) is 35.5 Å². The van der Waals surface area contributed by atoms with Crippen molar-refractivity contribution >= 4 is 17.2 Å². The number of nitrogens with one attached hydrogen (secondary N) is 1. The SMILES string of the molecule is Cn1cncc1C(=O)NCC1(C)OCCc2sccc21. The van der Waals surface area contributed by atoms with Crippen LogP contribution in [0.15, 0.2) is 24.0 Å². The molecule has 2 aromatic heterocycles. The number of thiophene rings is 1. The van der Waals surface area contributed by atoms with E-state index in [0.29, 0.717) is 18.8 Å². The summed E-state index contributed by atoms with van der Waals surface area (Å²) in [5.74, 6) is -0.128. The highest BCUT2D eigenvalue weighted by molar-refractivity contribution is 7.10. The van der Waals surface area contributed by atoms with Crippen molar-refractivity contribution in [3.8, 4) is 0 Å². The summed E-state index contributed by atoms with van der Waals surface area (Å²) < 4.78 is 7.62. The van der Waals surface area contributed by atoms with Crippen molar-refractivity contribution in [1.82, 2.24) is 14.9 Å². The van der Waals surface area contributed by atoms with E-state index in [1.165, 1.54) is 10.4 Å². The third kappa shape index (κ3) is 2.25. The summed E-state index contributed by atoms with van der Waals surface area (Å²) in [6.45, 7) is 3.19. The Morgan fingerprint density at radius 3 is 3.25 bits per heavy atom. The van der Waals surface area contributed by atoms with E-state index in [2.05, 4.69) is 21.7 Å². The molecule has 1 aliphatic rings. The van der Waals surface area contributed by atoms with Crippen LogP contribution in [0.4, 0.5) is 0 Å². The molecule has 5 nitrogen and oxygen atoms in total. The Morgan fingerprint density at radius 2 is 2.50 bits per heavy atom. The van der Waals surface area contributed by atoms with Gasteiger partial charge in [-0.05, 0) is 23.9 Å². The van der Waals surface area contributed by atoms with E-state index < -0.39 is 5.60 Å². The summed E-state index contributed by atoms with van der Waals surface area (Å²) >= 11 is 1.76. The highest BCUT2D eigenvalue weighted by atomic mass is 32.1. The van der Waals surface area contributed by atoms with E-state index in [1.807, 2.05) is 6.92 Å². The molecular weight excluding hydrogens is 274 g/mol. The molecule has 0 aliphatic carbocycles. The van der Waals surface area contributed by atoms with Crippen molar-refractivity contribution in [2.45, 2.75) is 18.9 Å². The number of imidazole rings is 1. The maximum atomic E-state index is 12.1.